The lowest BCUT2D eigenvalue weighted by molar-refractivity contribution is 1.22. The first kappa shape index (κ1) is 16.6. The fourth-order valence-electron chi connectivity index (χ4n) is 3.98. The van der Waals surface area contributed by atoms with Crippen LogP contribution < -0.4 is 4.90 Å². The minimum Gasteiger partial charge on any atom is -0.344 e. The van der Waals surface area contributed by atoms with Gasteiger partial charge in [-0.3, -0.25) is 0 Å². The predicted octanol–water partition coefficient (Wildman–Crippen LogP) is 7.43. The molecule has 0 saturated carbocycles. The molecule has 0 bridgehead atoms. The van der Waals surface area contributed by atoms with Gasteiger partial charge in [0.2, 0.25) is 0 Å². The van der Waals surface area contributed by atoms with E-state index in [2.05, 4.69) is 121 Å². The highest BCUT2D eigenvalue weighted by Crippen LogP contribution is 2.37. The number of benzene rings is 5. The van der Waals surface area contributed by atoms with E-state index in [0.29, 0.717) is 0 Å². The molecule has 0 unspecified atom stereocenters. The third-order valence-corrected chi connectivity index (χ3v) is 5.45. The Balaban J connectivity index is 1.68. The zero-order chi connectivity index (χ0) is 18.9. The van der Waals surface area contributed by atoms with E-state index in [4.69, 9.17) is 0 Å². The van der Waals surface area contributed by atoms with Crippen molar-refractivity contribution in [2.75, 3.05) is 11.9 Å². The first-order chi connectivity index (χ1) is 13.8. The molecular formula is C27H21N. The average Bonchev–Trinajstić information content (AvgIpc) is 2.79. The quantitative estimate of drug-likeness (QED) is 0.303. The van der Waals surface area contributed by atoms with E-state index < -0.39 is 0 Å². The Hall–Kier alpha value is -3.58. The molecule has 0 aliphatic rings. The van der Waals surface area contributed by atoms with E-state index in [0.717, 1.165) is 0 Å². The van der Waals surface area contributed by atoms with Crippen LogP contribution in [0.4, 0.5) is 11.4 Å². The van der Waals surface area contributed by atoms with Crippen molar-refractivity contribution in [2.45, 2.75) is 0 Å². The summed E-state index contributed by atoms with van der Waals surface area (Å²) in [4.78, 5) is 2.29. The summed E-state index contributed by atoms with van der Waals surface area (Å²) in [7, 11) is 2.15. The van der Waals surface area contributed by atoms with Crippen molar-refractivity contribution in [3.8, 4) is 11.1 Å². The summed E-state index contributed by atoms with van der Waals surface area (Å²) in [5.74, 6) is 0. The highest BCUT2D eigenvalue weighted by atomic mass is 15.1. The molecule has 0 heterocycles. The second-order valence-electron chi connectivity index (χ2n) is 7.14. The molecule has 1 nitrogen and oxygen atoms in total. The SMILES string of the molecule is CN(c1cccc(-c2ccccc2)c1)c1cc2ccccc2c2ccccc12. The Labute approximate surface area is 165 Å². The summed E-state index contributed by atoms with van der Waals surface area (Å²) in [6, 6.07) is 38.9. The van der Waals surface area contributed by atoms with Crippen molar-refractivity contribution >= 4 is 32.9 Å². The largest absolute Gasteiger partial charge is 0.344 e. The number of hydrogen-bond donors (Lipinski definition) is 0. The molecule has 28 heavy (non-hydrogen) atoms. The lowest BCUT2D eigenvalue weighted by Gasteiger charge is -2.23. The normalized spacial score (nSPS) is 11.0. The van der Waals surface area contributed by atoms with Gasteiger partial charge >= 0.3 is 0 Å². The summed E-state index contributed by atoms with van der Waals surface area (Å²) in [6.07, 6.45) is 0. The Kier molecular flexibility index (Phi) is 4.06. The Morgan fingerprint density at radius 2 is 1.14 bits per heavy atom. The van der Waals surface area contributed by atoms with Crippen LogP contribution in [-0.2, 0) is 0 Å². The van der Waals surface area contributed by atoms with Crippen molar-refractivity contribution in [1.82, 2.24) is 0 Å². The van der Waals surface area contributed by atoms with Crippen LogP contribution in [0.3, 0.4) is 0 Å². The van der Waals surface area contributed by atoms with Crippen LogP contribution in [0, 0.1) is 0 Å². The van der Waals surface area contributed by atoms with E-state index >= 15 is 0 Å². The smallest absolute Gasteiger partial charge is 0.0494 e. The van der Waals surface area contributed by atoms with Crippen LogP contribution in [0.15, 0.2) is 109 Å². The van der Waals surface area contributed by atoms with Crippen LogP contribution in [0.2, 0.25) is 0 Å². The molecule has 0 radical (unpaired) electrons. The maximum atomic E-state index is 2.30. The van der Waals surface area contributed by atoms with Gasteiger partial charge in [-0.2, -0.15) is 0 Å². The number of fused-ring (bicyclic) bond motifs is 3. The monoisotopic (exact) mass is 359 g/mol. The molecule has 5 aromatic carbocycles. The van der Waals surface area contributed by atoms with Gasteiger partial charge in [-0.15, -0.1) is 0 Å². The third kappa shape index (κ3) is 2.82. The predicted molar refractivity (Wildman–Crippen MR) is 121 cm³/mol. The van der Waals surface area contributed by atoms with Gasteiger partial charge in [-0.1, -0.05) is 91.0 Å². The topological polar surface area (TPSA) is 3.24 Å². The van der Waals surface area contributed by atoms with Crippen LogP contribution in [0.25, 0.3) is 32.7 Å². The first-order valence-corrected chi connectivity index (χ1v) is 9.61. The van der Waals surface area contributed by atoms with Gasteiger partial charge in [-0.05, 0) is 45.5 Å². The second-order valence-corrected chi connectivity index (χ2v) is 7.14. The molecule has 0 saturated heterocycles. The van der Waals surface area contributed by atoms with Gasteiger partial charge < -0.3 is 4.90 Å². The highest BCUT2D eigenvalue weighted by Gasteiger charge is 2.12. The van der Waals surface area contributed by atoms with E-state index in [9.17, 15) is 0 Å². The van der Waals surface area contributed by atoms with E-state index in [1.807, 2.05) is 0 Å². The molecule has 5 aromatic rings. The molecular weight excluding hydrogens is 338 g/mol. The average molecular weight is 359 g/mol. The summed E-state index contributed by atoms with van der Waals surface area (Å²) < 4.78 is 0. The number of nitrogens with zero attached hydrogens (tertiary/aromatic N) is 1. The Bertz CT molecular complexity index is 1270. The molecule has 0 aliphatic carbocycles. The standard InChI is InChI=1S/C27H21N/c1-28(23-14-9-13-21(18-23)20-10-3-2-4-11-20)27-19-22-12-5-6-15-24(22)25-16-7-8-17-26(25)27/h2-19H,1H3. The van der Waals surface area contributed by atoms with E-state index in [1.165, 1.54) is 44.0 Å². The highest BCUT2D eigenvalue weighted by molar-refractivity contribution is 6.13. The Morgan fingerprint density at radius 3 is 1.96 bits per heavy atom. The van der Waals surface area contributed by atoms with Crippen molar-refractivity contribution in [1.29, 1.82) is 0 Å². The van der Waals surface area contributed by atoms with Crippen molar-refractivity contribution < 1.29 is 0 Å². The fraction of sp³-hybridized carbons (Fsp3) is 0.0370. The molecule has 0 atom stereocenters. The summed E-state index contributed by atoms with van der Waals surface area (Å²) >= 11 is 0. The zero-order valence-electron chi connectivity index (χ0n) is 15.8. The fourth-order valence-corrected chi connectivity index (χ4v) is 3.98. The zero-order valence-corrected chi connectivity index (χ0v) is 15.8. The van der Waals surface area contributed by atoms with Crippen molar-refractivity contribution in [3.05, 3.63) is 109 Å². The molecule has 0 aliphatic heterocycles. The third-order valence-electron chi connectivity index (χ3n) is 5.45. The molecule has 0 spiro atoms. The molecule has 0 fully saturated rings. The van der Waals surface area contributed by atoms with Gasteiger partial charge in [-0.25, -0.2) is 0 Å². The lowest BCUT2D eigenvalue weighted by Crippen LogP contribution is -2.10. The molecule has 134 valence electrons. The Morgan fingerprint density at radius 1 is 0.500 bits per heavy atom. The molecule has 1 heteroatoms. The van der Waals surface area contributed by atoms with Crippen LogP contribution in [0.5, 0.6) is 0 Å². The van der Waals surface area contributed by atoms with Crippen molar-refractivity contribution in [3.63, 3.8) is 0 Å². The lowest BCUT2D eigenvalue weighted by atomic mass is 9.99. The maximum absolute atomic E-state index is 2.30. The molecule has 5 rings (SSSR count). The number of anilines is 2. The molecule has 0 N–H and O–H groups in total. The number of rotatable bonds is 3. The summed E-state index contributed by atoms with van der Waals surface area (Å²) in [5, 5.41) is 5.13. The van der Waals surface area contributed by atoms with Crippen molar-refractivity contribution in [2.24, 2.45) is 0 Å². The van der Waals surface area contributed by atoms with E-state index in [1.54, 1.807) is 0 Å². The van der Waals surface area contributed by atoms with Gasteiger partial charge in [0.05, 0.1) is 0 Å². The summed E-state index contributed by atoms with van der Waals surface area (Å²) in [5.41, 5.74) is 4.87. The molecule has 0 amide bonds. The van der Waals surface area contributed by atoms with Gasteiger partial charge in [0.1, 0.15) is 0 Å². The minimum atomic E-state index is 1.18. The minimum absolute atomic E-state index is 1.18. The summed E-state index contributed by atoms with van der Waals surface area (Å²) in [6.45, 7) is 0. The molecule has 0 aromatic heterocycles. The van der Waals surface area contributed by atoms with Crippen LogP contribution >= 0.6 is 0 Å². The maximum Gasteiger partial charge on any atom is 0.0494 e. The van der Waals surface area contributed by atoms with Gasteiger partial charge in [0.15, 0.2) is 0 Å². The van der Waals surface area contributed by atoms with Crippen LogP contribution in [-0.4, -0.2) is 7.05 Å². The van der Waals surface area contributed by atoms with Crippen LogP contribution in [0.1, 0.15) is 0 Å². The second kappa shape index (κ2) is 6.86. The number of hydrogen-bond acceptors (Lipinski definition) is 1. The van der Waals surface area contributed by atoms with Gasteiger partial charge in [0.25, 0.3) is 0 Å². The first-order valence-electron chi connectivity index (χ1n) is 9.61. The van der Waals surface area contributed by atoms with Gasteiger partial charge in [0, 0.05) is 23.8 Å². The van der Waals surface area contributed by atoms with E-state index in [-0.39, 0.29) is 0 Å².